The maximum absolute atomic E-state index is 10.6. The molecule has 0 bridgehead atoms. The molecular weight excluding hydrogens is 513 g/mol. The van der Waals surface area contributed by atoms with E-state index in [-0.39, 0.29) is 33.1 Å². The van der Waals surface area contributed by atoms with E-state index in [0.29, 0.717) is 0 Å². The molecule has 0 aliphatic heterocycles. The second-order valence-corrected chi connectivity index (χ2v) is 5.39. The fourth-order valence-corrected chi connectivity index (χ4v) is 2.40. The number of carboxylic acids is 2. The van der Waals surface area contributed by atoms with Crippen molar-refractivity contribution < 1.29 is 45.8 Å². The molecule has 1 aliphatic rings. The predicted molar refractivity (Wildman–Crippen MR) is 80.8 cm³/mol. The van der Waals surface area contributed by atoms with Gasteiger partial charge in [0, 0.05) is 29.6 Å². The number of hydrogen-bond acceptors (Lipinski definition) is 6. The first-order valence-corrected chi connectivity index (χ1v) is 7.33. The van der Waals surface area contributed by atoms with Crippen LogP contribution in [0.4, 0.5) is 5.69 Å². The summed E-state index contributed by atoms with van der Waals surface area (Å²) in [5.74, 6) is -3.27. The van der Waals surface area contributed by atoms with Gasteiger partial charge in [-0.2, -0.15) is 12.1 Å². The standard InChI is InChI=1S/C9H7NO6.C6H12N2.Pt/c11-8(12)4-6-5(9(13)14)2-1-3-7(6)10(15)16;7-5-3-1-2-4-6(5)8;/h1-3H,4H2,(H,11,12)(H,13,14);5-8H,1-4H2;/q;-2;+4/p-2. The van der Waals surface area contributed by atoms with Gasteiger partial charge in [-0.05, 0) is 0 Å². The van der Waals surface area contributed by atoms with Gasteiger partial charge in [0.15, 0.2) is 0 Å². The number of nitrogens with zero attached hydrogens (tertiary/aromatic N) is 1. The monoisotopic (exact) mass is 530 g/mol. The molecule has 0 heterocycles. The zero-order valence-electron chi connectivity index (χ0n) is 13.1. The SMILES string of the molecule is O=C([O-])Cc1c(C(=O)[O-])cccc1[N+](=O)[O-].[NH-]C1CCCCC1[NH-].[Pt+4]. The van der Waals surface area contributed by atoms with Crippen LogP contribution >= 0.6 is 0 Å². The Balaban J connectivity index is 0.000000540. The van der Waals surface area contributed by atoms with E-state index in [1.807, 2.05) is 0 Å². The largest absolute Gasteiger partial charge is 4.00 e. The van der Waals surface area contributed by atoms with Gasteiger partial charge < -0.3 is 31.3 Å². The van der Waals surface area contributed by atoms with E-state index in [0.717, 1.165) is 31.0 Å². The summed E-state index contributed by atoms with van der Waals surface area (Å²) >= 11 is 0. The average Bonchev–Trinajstić information content (AvgIpc) is 2.50. The summed E-state index contributed by atoms with van der Waals surface area (Å²) in [6, 6.07) is 3.04. The number of nitro benzene ring substituents is 1. The van der Waals surface area contributed by atoms with E-state index in [4.69, 9.17) is 11.5 Å². The molecule has 138 valence electrons. The Bertz CT molecular complexity index is 583. The predicted octanol–water partition coefficient (Wildman–Crippen LogP) is 0.650. The smallest absolute Gasteiger partial charge is 0.676 e. The number of aromatic carboxylic acids is 1. The second-order valence-electron chi connectivity index (χ2n) is 5.39. The van der Waals surface area contributed by atoms with Crippen molar-refractivity contribution in [2.45, 2.75) is 44.2 Å². The van der Waals surface area contributed by atoms with Crippen LogP contribution in [0.15, 0.2) is 18.2 Å². The van der Waals surface area contributed by atoms with E-state index < -0.39 is 40.1 Å². The van der Waals surface area contributed by atoms with Crippen LogP contribution in [0.25, 0.3) is 11.5 Å². The molecule has 0 saturated heterocycles. The molecule has 0 aromatic heterocycles. The van der Waals surface area contributed by atoms with Crippen molar-refractivity contribution in [1.82, 2.24) is 0 Å². The molecule has 1 fully saturated rings. The zero-order valence-corrected chi connectivity index (χ0v) is 15.4. The quantitative estimate of drug-likeness (QED) is 0.409. The van der Waals surface area contributed by atoms with Crippen LogP contribution < -0.4 is 10.2 Å². The van der Waals surface area contributed by atoms with Crippen LogP contribution in [0, 0.1) is 10.1 Å². The van der Waals surface area contributed by atoms with Crippen LogP contribution in [-0.4, -0.2) is 28.9 Å². The summed E-state index contributed by atoms with van der Waals surface area (Å²) in [5, 5.41) is 31.6. The van der Waals surface area contributed by atoms with Crippen LogP contribution in [0.2, 0.25) is 0 Å². The topological polar surface area (TPSA) is 171 Å². The number of aliphatic carboxylic acids is 1. The minimum atomic E-state index is -1.67. The molecule has 0 spiro atoms. The van der Waals surface area contributed by atoms with Gasteiger partial charge in [0.2, 0.25) is 0 Å². The molecule has 10 heteroatoms. The van der Waals surface area contributed by atoms with E-state index in [1.165, 1.54) is 12.8 Å². The number of rotatable bonds is 4. The van der Waals surface area contributed by atoms with E-state index in [9.17, 15) is 29.9 Å². The van der Waals surface area contributed by atoms with Crippen molar-refractivity contribution in [3.05, 3.63) is 50.9 Å². The fourth-order valence-electron chi connectivity index (χ4n) is 2.40. The molecule has 0 radical (unpaired) electrons. The first kappa shape index (κ1) is 23.2. The molecule has 1 aromatic rings. The van der Waals surface area contributed by atoms with Crippen molar-refractivity contribution in [2.24, 2.45) is 0 Å². The number of hydrogen-bond donors (Lipinski definition) is 0. The molecule has 2 atom stereocenters. The van der Waals surface area contributed by atoms with Gasteiger partial charge in [-0.1, -0.05) is 37.8 Å². The van der Waals surface area contributed by atoms with Crippen LogP contribution in [0.1, 0.15) is 41.6 Å². The number of nitro groups is 1. The van der Waals surface area contributed by atoms with Crippen molar-refractivity contribution >= 4 is 17.6 Å². The van der Waals surface area contributed by atoms with Gasteiger partial charge in [-0.15, -0.1) is 0 Å². The molecule has 1 saturated carbocycles. The molecule has 25 heavy (non-hydrogen) atoms. The normalized spacial score (nSPS) is 19.0. The summed E-state index contributed by atoms with van der Waals surface area (Å²) < 4.78 is 0. The molecule has 9 nitrogen and oxygen atoms in total. The Morgan fingerprint density at radius 2 is 1.64 bits per heavy atom. The van der Waals surface area contributed by atoms with Gasteiger partial charge >= 0.3 is 21.1 Å². The Morgan fingerprint density at radius 1 is 1.12 bits per heavy atom. The van der Waals surface area contributed by atoms with Crippen molar-refractivity contribution in [2.75, 3.05) is 0 Å². The first-order chi connectivity index (χ1) is 11.2. The van der Waals surface area contributed by atoms with Gasteiger partial charge in [-0.25, -0.2) is 0 Å². The fraction of sp³-hybridized carbons (Fsp3) is 0.467. The Morgan fingerprint density at radius 3 is 2.00 bits per heavy atom. The number of benzene rings is 1. The maximum atomic E-state index is 10.6. The third-order valence-electron chi connectivity index (χ3n) is 3.65. The average molecular weight is 530 g/mol. The first-order valence-electron chi connectivity index (χ1n) is 7.33. The van der Waals surface area contributed by atoms with E-state index >= 15 is 0 Å². The third kappa shape index (κ3) is 7.29. The number of nitrogens with one attached hydrogen (secondary N) is 2. The molecular formula is C15H17N3O6Pt. The van der Waals surface area contributed by atoms with Crippen molar-refractivity contribution in [1.29, 1.82) is 0 Å². The van der Waals surface area contributed by atoms with Gasteiger partial charge in [0.25, 0.3) is 5.69 Å². The molecule has 1 aliphatic carbocycles. The van der Waals surface area contributed by atoms with Crippen LogP contribution in [-0.2, 0) is 32.3 Å². The van der Waals surface area contributed by atoms with Crippen molar-refractivity contribution in [3.63, 3.8) is 0 Å². The molecule has 1 aromatic carbocycles. The molecule has 2 N–H and O–H groups in total. The summed E-state index contributed by atoms with van der Waals surface area (Å²) in [7, 11) is 0. The zero-order chi connectivity index (χ0) is 18.3. The summed E-state index contributed by atoms with van der Waals surface area (Å²) in [5.41, 5.74) is 13.1. The van der Waals surface area contributed by atoms with E-state index in [1.54, 1.807) is 0 Å². The summed E-state index contributed by atoms with van der Waals surface area (Å²) in [4.78, 5) is 30.7. The maximum Gasteiger partial charge on any atom is 4.00 e. The Labute approximate surface area is 158 Å². The molecule has 0 amide bonds. The number of carbonyl (C=O) groups is 2. The Kier molecular flexibility index (Phi) is 10.1. The molecule has 2 rings (SSSR count). The van der Waals surface area contributed by atoms with E-state index in [2.05, 4.69) is 0 Å². The number of carboxylic acid groups (broad SMARTS) is 2. The molecule has 2 unspecified atom stereocenters. The minimum absolute atomic E-state index is 0. The van der Waals surface area contributed by atoms with Gasteiger partial charge in [0.05, 0.1) is 10.9 Å². The summed E-state index contributed by atoms with van der Waals surface area (Å²) in [6.45, 7) is 0. The van der Waals surface area contributed by atoms with Crippen LogP contribution in [0.5, 0.6) is 0 Å². The minimum Gasteiger partial charge on any atom is -0.676 e. The van der Waals surface area contributed by atoms with Crippen LogP contribution in [0.3, 0.4) is 0 Å². The van der Waals surface area contributed by atoms with Crippen molar-refractivity contribution in [3.8, 4) is 0 Å². The second kappa shape index (κ2) is 10.9. The number of carbonyl (C=O) groups excluding carboxylic acids is 2. The Hall–Kier alpha value is -1.83. The summed E-state index contributed by atoms with van der Waals surface area (Å²) in [6.07, 6.45) is 3.40. The van der Waals surface area contributed by atoms with Gasteiger partial charge in [0.1, 0.15) is 0 Å². The third-order valence-corrected chi connectivity index (χ3v) is 3.65. The van der Waals surface area contributed by atoms with Gasteiger partial charge in [-0.3, -0.25) is 10.1 Å².